The number of benzene rings is 4. The van der Waals surface area contributed by atoms with E-state index in [1.807, 2.05) is 50.8 Å². The van der Waals surface area contributed by atoms with Gasteiger partial charge in [-0.2, -0.15) is 4.57 Å². The molecule has 0 atom stereocenters. The maximum atomic E-state index is 2.43. The Hall–Kier alpha value is -4.32. The second kappa shape index (κ2) is 15.8. The van der Waals surface area contributed by atoms with Gasteiger partial charge in [0.05, 0.1) is 16.4 Å². The summed E-state index contributed by atoms with van der Waals surface area (Å²) in [5.41, 5.74) is 8.83. The van der Waals surface area contributed by atoms with Gasteiger partial charge in [0, 0.05) is 35.5 Å². The van der Waals surface area contributed by atoms with Gasteiger partial charge in [0.1, 0.15) is 11.7 Å². The molecule has 46 heavy (non-hydrogen) atoms. The number of aromatic nitrogens is 1. The highest BCUT2D eigenvalue weighted by molar-refractivity contribution is 8.03. The normalized spacial score (nSPS) is 15.7. The van der Waals surface area contributed by atoms with E-state index >= 15 is 0 Å². The lowest BCUT2D eigenvalue weighted by atomic mass is 10.1. The molecule has 5 heteroatoms. The van der Waals surface area contributed by atoms with Crippen molar-refractivity contribution >= 4 is 56.5 Å². The third-order valence-electron chi connectivity index (χ3n) is 7.92. The molecule has 0 bridgehead atoms. The lowest BCUT2D eigenvalue weighted by molar-refractivity contribution is -0.642. The van der Waals surface area contributed by atoms with Crippen molar-refractivity contribution in [2.24, 2.45) is 7.05 Å². The summed E-state index contributed by atoms with van der Waals surface area (Å²) < 4.78 is 3.60. The van der Waals surface area contributed by atoms with E-state index in [0.29, 0.717) is 0 Å². The van der Waals surface area contributed by atoms with Gasteiger partial charge in [-0.25, -0.2) is 0 Å². The SMILES string of the molecule is CC.CC.CN1/C(=C/C=C2\CCC(/C=C/c3sc4ccccc4[n+]3C)=C2N(c2ccccc2)c2ccccc2)Sc2ccccc21. The molecule has 1 aliphatic heterocycles. The number of hydrogen-bond donors (Lipinski definition) is 0. The molecule has 0 spiro atoms. The van der Waals surface area contributed by atoms with Crippen LogP contribution >= 0.6 is 23.1 Å². The van der Waals surface area contributed by atoms with Gasteiger partial charge in [0.15, 0.2) is 0 Å². The van der Waals surface area contributed by atoms with Gasteiger partial charge in [-0.05, 0) is 78.6 Å². The van der Waals surface area contributed by atoms with Crippen LogP contribution in [0.1, 0.15) is 45.5 Å². The van der Waals surface area contributed by atoms with E-state index in [9.17, 15) is 0 Å². The summed E-state index contributed by atoms with van der Waals surface area (Å²) in [5.74, 6) is 0. The van der Waals surface area contributed by atoms with Crippen LogP contribution in [0.25, 0.3) is 16.3 Å². The Labute approximate surface area is 283 Å². The minimum absolute atomic E-state index is 0.995. The summed E-state index contributed by atoms with van der Waals surface area (Å²) in [7, 11) is 4.32. The van der Waals surface area contributed by atoms with Gasteiger partial charge in [0.2, 0.25) is 5.52 Å². The van der Waals surface area contributed by atoms with Gasteiger partial charge >= 0.3 is 0 Å². The number of hydrogen-bond acceptors (Lipinski definition) is 4. The number of allylic oxidation sites excluding steroid dienone is 5. The molecule has 4 aromatic carbocycles. The molecule has 0 fully saturated rings. The molecule has 234 valence electrons. The van der Waals surface area contributed by atoms with Gasteiger partial charge < -0.3 is 9.80 Å². The third kappa shape index (κ3) is 6.91. The number of aryl methyl sites for hydroxylation is 1. The van der Waals surface area contributed by atoms with Gasteiger partial charge in [0.25, 0.3) is 5.01 Å². The summed E-state index contributed by atoms with van der Waals surface area (Å²) in [6, 6.07) is 38.8. The van der Waals surface area contributed by atoms with E-state index in [-0.39, 0.29) is 0 Å². The molecule has 2 aliphatic rings. The first-order valence-electron chi connectivity index (χ1n) is 16.3. The van der Waals surface area contributed by atoms with Crippen LogP contribution in [-0.4, -0.2) is 7.05 Å². The van der Waals surface area contributed by atoms with E-state index in [2.05, 4.69) is 162 Å². The largest absolute Gasteiger partial charge is 0.338 e. The summed E-state index contributed by atoms with van der Waals surface area (Å²) in [4.78, 5) is 6.04. The van der Waals surface area contributed by atoms with Crippen LogP contribution in [-0.2, 0) is 7.05 Å². The fourth-order valence-electron chi connectivity index (χ4n) is 5.76. The Bertz CT molecular complexity index is 1840. The lowest BCUT2D eigenvalue weighted by Crippen LogP contribution is -2.28. The van der Waals surface area contributed by atoms with E-state index in [1.54, 1.807) is 0 Å². The van der Waals surface area contributed by atoms with Crippen molar-refractivity contribution in [2.45, 2.75) is 45.4 Å². The highest BCUT2D eigenvalue weighted by atomic mass is 32.2. The number of thioether (sulfide) groups is 1. The number of thiazole rings is 1. The quantitative estimate of drug-likeness (QED) is 0.171. The first kappa shape index (κ1) is 33.1. The number of anilines is 3. The van der Waals surface area contributed by atoms with E-state index in [1.165, 1.54) is 47.7 Å². The molecule has 0 saturated heterocycles. The minimum atomic E-state index is 0.995. The second-order valence-electron chi connectivity index (χ2n) is 10.5. The predicted molar refractivity (Wildman–Crippen MR) is 203 cm³/mol. The molecule has 0 radical (unpaired) electrons. The average molecular weight is 643 g/mol. The van der Waals surface area contributed by atoms with E-state index < -0.39 is 0 Å². The molecule has 2 heterocycles. The molecule has 1 aromatic heterocycles. The summed E-state index contributed by atoms with van der Waals surface area (Å²) in [5, 5.41) is 2.49. The predicted octanol–water partition coefficient (Wildman–Crippen LogP) is 11.7. The van der Waals surface area contributed by atoms with Crippen LogP contribution < -0.4 is 14.4 Å². The zero-order valence-electron chi connectivity index (χ0n) is 27.8. The molecule has 3 nitrogen and oxygen atoms in total. The number of para-hydroxylation sites is 4. The Kier molecular flexibility index (Phi) is 11.4. The van der Waals surface area contributed by atoms with Crippen molar-refractivity contribution < 1.29 is 4.57 Å². The molecule has 5 aromatic rings. The van der Waals surface area contributed by atoms with Gasteiger partial charge in [-0.3, -0.25) is 0 Å². The first-order chi connectivity index (χ1) is 22.7. The Morgan fingerprint density at radius 3 is 1.96 bits per heavy atom. The van der Waals surface area contributed by atoms with Crippen molar-refractivity contribution in [1.82, 2.24) is 0 Å². The summed E-state index contributed by atoms with van der Waals surface area (Å²) in [6.07, 6.45) is 11.3. The van der Waals surface area contributed by atoms with Crippen LogP contribution in [0.5, 0.6) is 0 Å². The molecule has 0 saturated carbocycles. The fourth-order valence-corrected chi connectivity index (χ4v) is 7.87. The van der Waals surface area contributed by atoms with E-state index in [0.717, 1.165) is 24.2 Å². The second-order valence-corrected chi connectivity index (χ2v) is 12.6. The minimum Gasteiger partial charge on any atom is -0.338 e. The zero-order chi connectivity index (χ0) is 32.5. The van der Waals surface area contributed by atoms with Crippen LogP contribution in [0, 0.1) is 0 Å². The van der Waals surface area contributed by atoms with Crippen molar-refractivity contribution in [1.29, 1.82) is 0 Å². The highest BCUT2D eigenvalue weighted by Crippen LogP contribution is 2.46. The van der Waals surface area contributed by atoms with E-state index in [4.69, 9.17) is 0 Å². The summed E-state index contributed by atoms with van der Waals surface area (Å²) in [6.45, 7) is 8.00. The molecular weight excluding hydrogens is 599 g/mol. The third-order valence-corrected chi connectivity index (χ3v) is 10.3. The van der Waals surface area contributed by atoms with Crippen LogP contribution in [0.15, 0.2) is 154 Å². The molecular formula is C41H44N3S2+. The molecule has 0 amide bonds. The number of rotatable bonds is 6. The van der Waals surface area contributed by atoms with Crippen molar-refractivity contribution in [3.63, 3.8) is 0 Å². The highest BCUT2D eigenvalue weighted by Gasteiger charge is 2.27. The van der Waals surface area contributed by atoms with Crippen LogP contribution in [0.4, 0.5) is 17.1 Å². The first-order valence-corrected chi connectivity index (χ1v) is 17.9. The smallest absolute Gasteiger partial charge is 0.262 e. The maximum Gasteiger partial charge on any atom is 0.262 e. The lowest BCUT2D eigenvalue weighted by Gasteiger charge is -2.28. The number of fused-ring (bicyclic) bond motifs is 2. The van der Waals surface area contributed by atoms with Crippen molar-refractivity contribution in [3.05, 3.63) is 154 Å². The Balaban J connectivity index is 0.00000100. The van der Waals surface area contributed by atoms with Crippen molar-refractivity contribution in [2.75, 3.05) is 16.8 Å². The molecule has 0 unspecified atom stereocenters. The maximum absolute atomic E-state index is 2.43. The monoisotopic (exact) mass is 642 g/mol. The number of nitrogens with zero attached hydrogens (tertiary/aromatic N) is 3. The summed E-state index contributed by atoms with van der Waals surface area (Å²) >= 11 is 3.68. The molecule has 7 rings (SSSR count). The van der Waals surface area contributed by atoms with Crippen molar-refractivity contribution in [3.8, 4) is 0 Å². The fraction of sp³-hybridized carbons (Fsp3) is 0.195. The standard InChI is InChI=1S/C37H32N3S2.2C2H6/c1-38-31-17-9-11-19-33(31)41-35(38)25-23-27-21-22-28(24-26-36-39(2)32-18-10-12-20-34(32)42-36)37(27)40(29-13-5-3-6-14-29)30-15-7-4-8-16-30;2*1-2/h3-20,23-26H,21-22H2,1-2H3;2*1-2H3/q+1;;. The van der Waals surface area contributed by atoms with Crippen LogP contribution in [0.2, 0.25) is 0 Å². The van der Waals surface area contributed by atoms with Crippen LogP contribution in [0.3, 0.4) is 0 Å². The molecule has 0 N–H and O–H groups in total. The Morgan fingerprint density at radius 2 is 1.30 bits per heavy atom. The van der Waals surface area contributed by atoms with Gasteiger partial charge in [-0.15, -0.1) is 0 Å². The molecule has 1 aliphatic carbocycles. The average Bonchev–Trinajstić information content (AvgIpc) is 3.78. The topological polar surface area (TPSA) is 10.4 Å². The van der Waals surface area contributed by atoms with Gasteiger partial charge in [-0.1, -0.05) is 118 Å². The zero-order valence-corrected chi connectivity index (χ0v) is 29.4. The Morgan fingerprint density at radius 1 is 0.696 bits per heavy atom.